The van der Waals surface area contributed by atoms with Gasteiger partial charge in [-0.15, -0.1) is 0 Å². The number of sulfone groups is 1. The number of rotatable bonds is 6. The molecule has 14 heteroatoms. The molecule has 2 aliphatic heterocycles. The molecule has 0 aromatic heterocycles. The summed E-state index contributed by atoms with van der Waals surface area (Å²) in [5.41, 5.74) is -0.408. The van der Waals surface area contributed by atoms with Crippen molar-refractivity contribution in [2.45, 2.75) is 29.5 Å². The van der Waals surface area contributed by atoms with Gasteiger partial charge in [-0.05, 0) is 19.1 Å². The number of alkyl carbamates (subject to hydrolysis) is 1. The Kier molecular flexibility index (Phi) is 5.21. The first kappa shape index (κ1) is 22.1. The number of aliphatic carboxylic acids is 1. The highest BCUT2D eigenvalue weighted by Gasteiger charge is 2.70. The number of nitrogens with one attached hydrogen (secondary N) is 1. The lowest BCUT2D eigenvalue weighted by molar-refractivity contribution is -0.158. The lowest BCUT2D eigenvalue weighted by atomic mass is 9.97. The van der Waals surface area contributed by atoms with Crippen LogP contribution in [0.4, 0.5) is 4.79 Å². The van der Waals surface area contributed by atoms with Crippen molar-refractivity contribution in [3.8, 4) is 17.2 Å². The van der Waals surface area contributed by atoms with Crippen molar-refractivity contribution < 1.29 is 52.8 Å². The van der Waals surface area contributed by atoms with Gasteiger partial charge in [-0.3, -0.25) is 9.59 Å². The molecule has 2 aliphatic rings. The molecule has 13 nitrogen and oxygen atoms in total. The van der Waals surface area contributed by atoms with Gasteiger partial charge < -0.3 is 35.4 Å². The highest BCUT2D eigenvalue weighted by atomic mass is 32.2. The van der Waals surface area contributed by atoms with Crippen LogP contribution in [-0.2, 0) is 24.2 Å². The molecule has 2 saturated heterocycles. The minimum atomic E-state index is -4.17. The van der Waals surface area contributed by atoms with Crippen LogP contribution in [0.2, 0.25) is 0 Å². The lowest BCUT2D eigenvalue weighted by Crippen LogP contribution is -2.58. The van der Waals surface area contributed by atoms with Crippen molar-refractivity contribution in [1.82, 2.24) is 10.2 Å². The van der Waals surface area contributed by atoms with E-state index in [-0.39, 0.29) is 6.42 Å². The maximum Gasteiger partial charge on any atom is 0.407 e. The average molecular weight is 458 g/mol. The van der Waals surface area contributed by atoms with Gasteiger partial charge in [0.1, 0.15) is 16.7 Å². The Bertz CT molecular complexity index is 1100. The highest BCUT2D eigenvalue weighted by molar-refractivity contribution is 7.94. The SMILES string of the molecule is C[C@]1(COC(=O)NCC(=O)c2ccc(O)c(O)c2O)[C@H](C(=O)O)N2C(=O)C[C@H]2S1(=O)=O. The number of hydrogen-bond acceptors (Lipinski definition) is 10. The van der Waals surface area contributed by atoms with E-state index in [0.29, 0.717) is 0 Å². The predicted octanol–water partition coefficient (Wildman–Crippen LogP) is -1.09. The molecule has 1 aromatic rings. The molecule has 2 heterocycles. The molecule has 0 spiro atoms. The standard InChI is InChI=1S/C17H18N2O11S/c1-17(14(15(25)26)19-10(22)4-11(19)31(17,28)29)6-30-16(27)18-5-9(21)7-2-3-8(20)13(24)12(7)23/h2-3,11,14,20,23-24H,4-6H2,1H3,(H,18,27)(H,25,26)/t11-,14+,17+/m1/s1. The average Bonchev–Trinajstić information content (AvgIpc) is 2.83. The first-order chi connectivity index (χ1) is 14.3. The molecule has 1 aromatic carbocycles. The lowest BCUT2D eigenvalue weighted by Gasteiger charge is -2.35. The number of carboxylic acids is 1. The van der Waals surface area contributed by atoms with Crippen molar-refractivity contribution in [2.24, 2.45) is 0 Å². The van der Waals surface area contributed by atoms with E-state index in [1.807, 2.05) is 5.32 Å². The molecule has 0 unspecified atom stereocenters. The summed E-state index contributed by atoms with van der Waals surface area (Å²) in [6.45, 7) is -0.560. The molecule has 0 radical (unpaired) electrons. The minimum absolute atomic E-state index is 0.356. The third-order valence-electron chi connectivity index (χ3n) is 5.36. The van der Waals surface area contributed by atoms with E-state index >= 15 is 0 Å². The number of fused-ring (bicyclic) bond motifs is 1. The van der Waals surface area contributed by atoms with E-state index in [1.54, 1.807) is 0 Å². The van der Waals surface area contributed by atoms with Gasteiger partial charge in [0.15, 0.2) is 33.2 Å². The van der Waals surface area contributed by atoms with Crippen molar-refractivity contribution >= 4 is 33.6 Å². The van der Waals surface area contributed by atoms with Crippen LogP contribution >= 0.6 is 0 Å². The van der Waals surface area contributed by atoms with Crippen LogP contribution in [0.25, 0.3) is 0 Å². The van der Waals surface area contributed by atoms with Gasteiger partial charge in [-0.25, -0.2) is 18.0 Å². The Morgan fingerprint density at radius 1 is 1.23 bits per heavy atom. The van der Waals surface area contributed by atoms with Gasteiger partial charge in [0.2, 0.25) is 11.7 Å². The van der Waals surface area contributed by atoms with Crippen LogP contribution in [0, 0.1) is 0 Å². The number of phenols is 3. The summed E-state index contributed by atoms with van der Waals surface area (Å²) < 4.78 is 28.1. The van der Waals surface area contributed by atoms with Gasteiger partial charge in [-0.2, -0.15) is 0 Å². The van der Waals surface area contributed by atoms with Crippen LogP contribution in [0.3, 0.4) is 0 Å². The molecular weight excluding hydrogens is 440 g/mol. The number of amides is 2. The van der Waals surface area contributed by atoms with Gasteiger partial charge in [0.25, 0.3) is 0 Å². The molecule has 2 fully saturated rings. The number of Topliss-reactive ketones (excluding diaryl/α,β-unsaturated/α-hetero) is 1. The number of hydrogen-bond donors (Lipinski definition) is 5. The number of aromatic hydroxyl groups is 3. The highest BCUT2D eigenvalue weighted by Crippen LogP contribution is 2.46. The van der Waals surface area contributed by atoms with Crippen molar-refractivity contribution in [1.29, 1.82) is 0 Å². The molecular formula is C17H18N2O11S. The van der Waals surface area contributed by atoms with Crippen molar-refractivity contribution in [3.05, 3.63) is 17.7 Å². The Balaban J connectivity index is 1.66. The number of ether oxygens (including phenoxy) is 1. The summed E-state index contributed by atoms with van der Waals surface area (Å²) in [5, 5.41) is 38.5. The quantitative estimate of drug-likeness (QED) is 0.196. The van der Waals surface area contributed by atoms with Crippen LogP contribution in [-0.4, -0.2) is 86.8 Å². The summed E-state index contributed by atoms with van der Waals surface area (Å²) in [6.07, 6.45) is -1.61. The molecule has 0 aliphatic carbocycles. The van der Waals surface area contributed by atoms with Crippen LogP contribution in [0.15, 0.2) is 12.1 Å². The normalized spacial score (nSPS) is 26.0. The number of nitrogens with zero attached hydrogens (tertiary/aromatic N) is 1. The molecule has 3 atom stereocenters. The maximum absolute atomic E-state index is 12.7. The molecule has 31 heavy (non-hydrogen) atoms. The van der Waals surface area contributed by atoms with Gasteiger partial charge in [-0.1, -0.05) is 0 Å². The Labute approximate surface area is 174 Å². The van der Waals surface area contributed by atoms with Gasteiger partial charge >= 0.3 is 12.1 Å². The molecule has 5 N–H and O–H groups in total. The zero-order valence-electron chi connectivity index (χ0n) is 15.9. The Morgan fingerprint density at radius 3 is 2.45 bits per heavy atom. The second-order valence-corrected chi connectivity index (χ2v) is 9.81. The largest absolute Gasteiger partial charge is 0.504 e. The van der Waals surface area contributed by atoms with E-state index in [1.165, 1.54) is 0 Å². The van der Waals surface area contributed by atoms with Crippen LogP contribution in [0.5, 0.6) is 17.2 Å². The minimum Gasteiger partial charge on any atom is -0.504 e. The number of β-lactam (4-membered cyclic amide) rings is 1. The summed E-state index contributed by atoms with van der Waals surface area (Å²) in [4.78, 5) is 48.1. The number of carboxylic acid groups (broad SMARTS) is 1. The molecule has 0 bridgehead atoms. The predicted molar refractivity (Wildman–Crippen MR) is 99.1 cm³/mol. The maximum atomic E-state index is 12.7. The van der Waals surface area contributed by atoms with Crippen LogP contribution in [0.1, 0.15) is 23.7 Å². The van der Waals surface area contributed by atoms with Gasteiger partial charge in [0.05, 0.1) is 18.5 Å². The first-order valence-corrected chi connectivity index (χ1v) is 10.3. The monoisotopic (exact) mass is 458 g/mol. The second kappa shape index (κ2) is 7.30. The second-order valence-electron chi connectivity index (χ2n) is 7.24. The van der Waals surface area contributed by atoms with E-state index in [2.05, 4.69) is 0 Å². The number of carbonyl (C=O) groups is 4. The van der Waals surface area contributed by atoms with Crippen molar-refractivity contribution in [3.63, 3.8) is 0 Å². The first-order valence-electron chi connectivity index (χ1n) is 8.78. The summed E-state index contributed by atoms with van der Waals surface area (Å²) in [6, 6.07) is 0.212. The third kappa shape index (κ3) is 3.28. The number of carbonyl (C=O) groups excluding carboxylic acids is 3. The van der Waals surface area contributed by atoms with Gasteiger partial charge in [0, 0.05) is 0 Å². The van der Waals surface area contributed by atoms with E-state index in [4.69, 9.17) is 4.74 Å². The summed E-state index contributed by atoms with van der Waals surface area (Å²) in [7, 11) is -4.17. The summed E-state index contributed by atoms with van der Waals surface area (Å²) in [5.74, 6) is -5.57. The number of benzene rings is 1. The smallest absolute Gasteiger partial charge is 0.407 e. The third-order valence-corrected chi connectivity index (χ3v) is 8.11. The zero-order chi connectivity index (χ0) is 23.3. The van der Waals surface area contributed by atoms with Crippen LogP contribution < -0.4 is 5.32 Å². The molecule has 0 saturated carbocycles. The molecule has 2 amide bonds. The van der Waals surface area contributed by atoms with E-state index in [0.717, 1.165) is 24.0 Å². The van der Waals surface area contributed by atoms with E-state index in [9.17, 15) is 48.0 Å². The number of ketones is 1. The fourth-order valence-corrected chi connectivity index (χ4v) is 5.84. The Morgan fingerprint density at radius 2 is 1.87 bits per heavy atom. The Hall–Kier alpha value is -3.55. The fraction of sp³-hybridized carbons (Fsp3) is 0.412. The molecule has 3 rings (SSSR count). The number of phenolic OH excluding ortho intramolecular Hbond substituents is 3. The fourth-order valence-electron chi connectivity index (χ4n) is 3.57. The molecule has 168 valence electrons. The zero-order valence-corrected chi connectivity index (χ0v) is 16.7. The van der Waals surface area contributed by atoms with E-state index < -0.39 is 85.7 Å². The van der Waals surface area contributed by atoms with Crippen molar-refractivity contribution in [2.75, 3.05) is 13.2 Å². The summed E-state index contributed by atoms with van der Waals surface area (Å²) >= 11 is 0. The topological polar surface area (TPSA) is 208 Å².